The zero-order chi connectivity index (χ0) is 11.2. The summed E-state index contributed by atoms with van der Waals surface area (Å²) in [5, 5.41) is 0. The minimum Gasteiger partial charge on any atom is -0.384 e. The Balaban J connectivity index is 1.95. The number of methoxy groups -OCH3 is 1. The first-order valence-electron chi connectivity index (χ1n) is 6.48. The zero-order valence-corrected chi connectivity index (χ0v) is 10.2. The summed E-state index contributed by atoms with van der Waals surface area (Å²) in [5.41, 5.74) is 2.93. The molecule has 0 atom stereocenters. The van der Waals surface area contributed by atoms with Crippen LogP contribution in [0, 0.1) is 0 Å². The van der Waals surface area contributed by atoms with Gasteiger partial charge in [0, 0.05) is 7.11 Å². The van der Waals surface area contributed by atoms with E-state index in [0.717, 1.165) is 18.9 Å². The molecule has 1 aromatic carbocycles. The second kappa shape index (κ2) is 6.05. The van der Waals surface area contributed by atoms with Crippen LogP contribution in [0.25, 0.3) is 0 Å². The van der Waals surface area contributed by atoms with Gasteiger partial charge in [0.2, 0.25) is 0 Å². The molecule has 16 heavy (non-hydrogen) atoms. The zero-order valence-electron chi connectivity index (χ0n) is 10.2. The summed E-state index contributed by atoms with van der Waals surface area (Å²) >= 11 is 0. The summed E-state index contributed by atoms with van der Waals surface area (Å²) in [6.45, 7) is 0.822. The van der Waals surface area contributed by atoms with Crippen molar-refractivity contribution in [2.24, 2.45) is 0 Å². The fourth-order valence-corrected chi connectivity index (χ4v) is 2.61. The lowest BCUT2D eigenvalue weighted by Crippen LogP contribution is -2.04. The lowest BCUT2D eigenvalue weighted by Gasteiger charge is -2.22. The number of ether oxygens (including phenoxy) is 1. The second-order valence-electron chi connectivity index (χ2n) is 4.82. The van der Waals surface area contributed by atoms with Crippen LogP contribution in [0.3, 0.4) is 0 Å². The highest BCUT2D eigenvalue weighted by molar-refractivity contribution is 5.25. The maximum Gasteiger partial charge on any atom is 0.0502 e. The smallest absolute Gasteiger partial charge is 0.0502 e. The summed E-state index contributed by atoms with van der Waals surface area (Å²) in [6.07, 6.45) is 8.06. The van der Waals surface area contributed by atoms with Crippen LogP contribution in [0.5, 0.6) is 0 Å². The van der Waals surface area contributed by atoms with Gasteiger partial charge < -0.3 is 4.74 Å². The van der Waals surface area contributed by atoms with E-state index in [9.17, 15) is 0 Å². The van der Waals surface area contributed by atoms with Gasteiger partial charge in [-0.15, -0.1) is 0 Å². The molecule has 0 radical (unpaired) electrons. The fraction of sp³-hybridized carbons (Fsp3) is 0.600. The first-order chi connectivity index (χ1) is 7.90. The summed E-state index contributed by atoms with van der Waals surface area (Å²) < 4.78 is 5.09. The Kier molecular flexibility index (Phi) is 4.41. The number of hydrogen-bond donors (Lipinski definition) is 0. The molecular weight excluding hydrogens is 196 g/mol. The molecule has 0 heterocycles. The molecule has 1 aliphatic rings. The number of hydrogen-bond acceptors (Lipinski definition) is 1. The van der Waals surface area contributed by atoms with Gasteiger partial charge in [-0.05, 0) is 36.3 Å². The molecular formula is C15H22O. The average Bonchev–Trinajstić information content (AvgIpc) is 2.38. The van der Waals surface area contributed by atoms with Crippen LogP contribution in [-0.2, 0) is 11.2 Å². The highest BCUT2D eigenvalue weighted by Gasteiger charge is 2.14. The van der Waals surface area contributed by atoms with Crippen LogP contribution in [0.15, 0.2) is 24.3 Å². The van der Waals surface area contributed by atoms with Crippen molar-refractivity contribution in [1.29, 1.82) is 0 Å². The van der Waals surface area contributed by atoms with Crippen LogP contribution in [0.2, 0.25) is 0 Å². The van der Waals surface area contributed by atoms with Crippen molar-refractivity contribution in [3.8, 4) is 0 Å². The van der Waals surface area contributed by atoms with Gasteiger partial charge in [0.05, 0.1) is 6.61 Å². The van der Waals surface area contributed by atoms with Crippen LogP contribution < -0.4 is 0 Å². The molecule has 0 N–H and O–H groups in total. The summed E-state index contributed by atoms with van der Waals surface area (Å²) in [5.74, 6) is 0.824. The van der Waals surface area contributed by atoms with Crippen molar-refractivity contribution >= 4 is 0 Å². The molecule has 0 spiro atoms. The van der Waals surface area contributed by atoms with Gasteiger partial charge in [-0.25, -0.2) is 0 Å². The molecule has 0 aromatic heterocycles. The largest absolute Gasteiger partial charge is 0.384 e. The molecule has 88 valence electrons. The van der Waals surface area contributed by atoms with Gasteiger partial charge in [0.25, 0.3) is 0 Å². The SMILES string of the molecule is COCCc1ccc(C2CCCCC2)cc1. The van der Waals surface area contributed by atoms with E-state index in [4.69, 9.17) is 4.74 Å². The molecule has 0 bridgehead atoms. The third-order valence-corrected chi connectivity index (χ3v) is 3.65. The number of rotatable bonds is 4. The van der Waals surface area contributed by atoms with E-state index in [-0.39, 0.29) is 0 Å². The molecule has 1 aliphatic carbocycles. The predicted octanol–water partition coefficient (Wildman–Crippen LogP) is 3.92. The van der Waals surface area contributed by atoms with Crippen LogP contribution in [0.1, 0.15) is 49.1 Å². The Morgan fingerprint density at radius 3 is 2.38 bits per heavy atom. The van der Waals surface area contributed by atoms with E-state index < -0.39 is 0 Å². The molecule has 1 saturated carbocycles. The van der Waals surface area contributed by atoms with Crippen molar-refractivity contribution < 1.29 is 4.74 Å². The van der Waals surface area contributed by atoms with Gasteiger partial charge in [0.1, 0.15) is 0 Å². The molecule has 1 fully saturated rings. The quantitative estimate of drug-likeness (QED) is 0.744. The Morgan fingerprint density at radius 1 is 1.06 bits per heavy atom. The Labute approximate surface area is 98.8 Å². The van der Waals surface area contributed by atoms with Gasteiger partial charge in [-0.3, -0.25) is 0 Å². The molecule has 0 amide bonds. The van der Waals surface area contributed by atoms with Crippen LogP contribution in [0.4, 0.5) is 0 Å². The van der Waals surface area contributed by atoms with Gasteiger partial charge in [-0.2, -0.15) is 0 Å². The maximum absolute atomic E-state index is 5.09. The minimum atomic E-state index is 0.822. The van der Waals surface area contributed by atoms with E-state index >= 15 is 0 Å². The van der Waals surface area contributed by atoms with Gasteiger partial charge >= 0.3 is 0 Å². The van der Waals surface area contributed by atoms with Gasteiger partial charge in [-0.1, -0.05) is 43.5 Å². The van der Waals surface area contributed by atoms with Crippen molar-refractivity contribution in [2.75, 3.05) is 13.7 Å². The predicted molar refractivity (Wildman–Crippen MR) is 67.8 cm³/mol. The molecule has 1 heteroatoms. The summed E-state index contributed by atoms with van der Waals surface area (Å²) in [4.78, 5) is 0. The standard InChI is InChI=1S/C15H22O/c1-16-12-11-13-7-9-15(10-8-13)14-5-3-2-4-6-14/h7-10,14H,2-6,11-12H2,1H3. The molecule has 1 aromatic rings. The average molecular weight is 218 g/mol. The third kappa shape index (κ3) is 3.08. The van der Waals surface area contributed by atoms with Crippen LogP contribution >= 0.6 is 0 Å². The lowest BCUT2D eigenvalue weighted by molar-refractivity contribution is 0.202. The van der Waals surface area contributed by atoms with E-state index in [1.54, 1.807) is 12.7 Å². The van der Waals surface area contributed by atoms with E-state index in [1.807, 2.05) is 0 Å². The van der Waals surface area contributed by atoms with Crippen molar-refractivity contribution in [3.05, 3.63) is 35.4 Å². The Morgan fingerprint density at radius 2 is 1.75 bits per heavy atom. The van der Waals surface area contributed by atoms with Crippen LogP contribution in [-0.4, -0.2) is 13.7 Å². The van der Waals surface area contributed by atoms with Crippen molar-refractivity contribution in [3.63, 3.8) is 0 Å². The normalized spacial score (nSPS) is 17.6. The highest BCUT2D eigenvalue weighted by atomic mass is 16.5. The molecule has 0 aliphatic heterocycles. The maximum atomic E-state index is 5.09. The molecule has 1 nitrogen and oxygen atoms in total. The summed E-state index contributed by atoms with van der Waals surface area (Å²) in [6, 6.07) is 9.17. The Hall–Kier alpha value is -0.820. The van der Waals surface area contributed by atoms with E-state index in [0.29, 0.717) is 0 Å². The first-order valence-corrected chi connectivity index (χ1v) is 6.48. The minimum absolute atomic E-state index is 0.822. The monoisotopic (exact) mass is 218 g/mol. The van der Waals surface area contributed by atoms with E-state index in [1.165, 1.54) is 37.7 Å². The Bertz CT molecular complexity index is 296. The van der Waals surface area contributed by atoms with E-state index in [2.05, 4.69) is 24.3 Å². The van der Waals surface area contributed by atoms with Crippen molar-refractivity contribution in [2.45, 2.75) is 44.4 Å². The first kappa shape index (κ1) is 11.7. The molecule has 2 rings (SSSR count). The molecule has 0 saturated heterocycles. The summed E-state index contributed by atoms with van der Waals surface area (Å²) in [7, 11) is 1.76. The lowest BCUT2D eigenvalue weighted by atomic mass is 9.84. The number of benzene rings is 1. The molecule has 0 unspecified atom stereocenters. The topological polar surface area (TPSA) is 9.23 Å². The second-order valence-corrected chi connectivity index (χ2v) is 4.82. The highest BCUT2D eigenvalue weighted by Crippen LogP contribution is 2.32. The fourth-order valence-electron chi connectivity index (χ4n) is 2.61. The third-order valence-electron chi connectivity index (χ3n) is 3.65. The van der Waals surface area contributed by atoms with Crippen molar-refractivity contribution in [1.82, 2.24) is 0 Å². The van der Waals surface area contributed by atoms with Gasteiger partial charge in [0.15, 0.2) is 0 Å².